The molecule has 0 aliphatic carbocycles. The van der Waals surface area contributed by atoms with Crippen LogP contribution in [0.5, 0.6) is 0 Å². The molecule has 2 heterocycles. The van der Waals surface area contributed by atoms with E-state index < -0.39 is 0 Å². The molecule has 0 bridgehead atoms. The molecule has 1 aromatic carbocycles. The first kappa shape index (κ1) is 16.8. The van der Waals surface area contributed by atoms with E-state index in [2.05, 4.69) is 16.4 Å². The summed E-state index contributed by atoms with van der Waals surface area (Å²) in [5.41, 5.74) is 2.72. The van der Waals surface area contributed by atoms with E-state index in [0.717, 1.165) is 49.6 Å². The van der Waals surface area contributed by atoms with Gasteiger partial charge in [-0.15, -0.1) is 0 Å². The second-order valence-electron chi connectivity index (χ2n) is 6.12. The van der Waals surface area contributed by atoms with Crippen molar-refractivity contribution in [2.75, 3.05) is 25.0 Å². The van der Waals surface area contributed by atoms with Gasteiger partial charge < -0.3 is 10.2 Å². The number of carbonyl (C=O) groups excluding carboxylic acids is 1. The van der Waals surface area contributed by atoms with Crippen LogP contribution in [-0.2, 0) is 6.42 Å². The molecule has 1 N–H and O–H groups in total. The fourth-order valence-corrected chi connectivity index (χ4v) is 3.19. The summed E-state index contributed by atoms with van der Waals surface area (Å²) >= 11 is 6.00. The lowest BCUT2D eigenvalue weighted by atomic mass is 10.1. The number of likely N-dealkylation sites (tertiary alicyclic amines) is 1. The molecule has 126 valence electrons. The maximum atomic E-state index is 12.5. The smallest absolute Gasteiger partial charge is 0.255 e. The largest absolute Gasteiger partial charge is 0.383 e. The highest BCUT2D eigenvalue weighted by Crippen LogP contribution is 2.16. The van der Waals surface area contributed by atoms with Gasteiger partial charge in [0.05, 0.1) is 11.3 Å². The number of piperidine rings is 1. The molecule has 0 spiro atoms. The molecule has 5 heteroatoms. The molecule has 1 aliphatic heterocycles. The lowest BCUT2D eigenvalue weighted by molar-refractivity contribution is 0.0724. The lowest BCUT2D eigenvalue weighted by Gasteiger charge is -2.26. The normalized spacial score (nSPS) is 14.5. The van der Waals surface area contributed by atoms with Gasteiger partial charge in [0, 0.05) is 37.1 Å². The van der Waals surface area contributed by atoms with Crippen molar-refractivity contribution >= 4 is 23.2 Å². The molecule has 24 heavy (non-hydrogen) atoms. The monoisotopic (exact) mass is 343 g/mol. The number of hydrogen-bond acceptors (Lipinski definition) is 3. The highest BCUT2D eigenvalue weighted by atomic mass is 35.5. The van der Waals surface area contributed by atoms with Gasteiger partial charge in [-0.3, -0.25) is 9.78 Å². The molecule has 1 aromatic heterocycles. The Kier molecular flexibility index (Phi) is 5.70. The summed E-state index contributed by atoms with van der Waals surface area (Å²) in [6.45, 7) is 2.47. The van der Waals surface area contributed by atoms with Crippen molar-refractivity contribution in [2.24, 2.45) is 0 Å². The van der Waals surface area contributed by atoms with Gasteiger partial charge in [-0.1, -0.05) is 23.7 Å². The Balaban J connectivity index is 1.57. The third-order valence-corrected chi connectivity index (χ3v) is 4.50. The van der Waals surface area contributed by atoms with E-state index >= 15 is 0 Å². The van der Waals surface area contributed by atoms with Gasteiger partial charge in [0.15, 0.2) is 0 Å². The van der Waals surface area contributed by atoms with E-state index in [9.17, 15) is 4.79 Å². The first-order chi connectivity index (χ1) is 11.7. The number of anilines is 1. The Labute approximate surface area is 147 Å². The van der Waals surface area contributed by atoms with Crippen LogP contribution in [0.2, 0.25) is 5.02 Å². The Morgan fingerprint density at radius 2 is 2.00 bits per heavy atom. The Bertz CT molecular complexity index is 699. The van der Waals surface area contributed by atoms with Crippen molar-refractivity contribution in [3.8, 4) is 0 Å². The van der Waals surface area contributed by atoms with Gasteiger partial charge in [0.25, 0.3) is 5.91 Å². The molecule has 2 aromatic rings. The average Bonchev–Trinajstić information content (AvgIpc) is 2.62. The van der Waals surface area contributed by atoms with E-state index in [0.29, 0.717) is 5.56 Å². The maximum Gasteiger partial charge on any atom is 0.255 e. The average molecular weight is 344 g/mol. The number of nitrogens with zero attached hydrogens (tertiary/aromatic N) is 2. The highest BCUT2D eigenvalue weighted by molar-refractivity contribution is 6.30. The standard InChI is InChI=1S/C19H22ClN3O/c20-17-6-4-5-15(11-17)7-8-22-18-12-16(13-21-14-18)19(24)23-9-2-1-3-10-23/h4-6,11-14,22H,1-3,7-10H2. The van der Waals surface area contributed by atoms with Crippen molar-refractivity contribution in [3.63, 3.8) is 0 Å². The third-order valence-electron chi connectivity index (χ3n) is 4.26. The zero-order valence-electron chi connectivity index (χ0n) is 13.7. The number of rotatable bonds is 5. The first-order valence-corrected chi connectivity index (χ1v) is 8.83. The number of benzene rings is 1. The summed E-state index contributed by atoms with van der Waals surface area (Å²) in [6, 6.07) is 9.75. The number of aromatic nitrogens is 1. The van der Waals surface area contributed by atoms with Crippen LogP contribution in [-0.4, -0.2) is 35.4 Å². The summed E-state index contributed by atoms with van der Waals surface area (Å²) in [4.78, 5) is 18.7. The lowest BCUT2D eigenvalue weighted by Crippen LogP contribution is -2.35. The van der Waals surface area contributed by atoms with Crippen molar-refractivity contribution in [3.05, 3.63) is 58.9 Å². The topological polar surface area (TPSA) is 45.2 Å². The number of amides is 1. The minimum absolute atomic E-state index is 0.0840. The zero-order chi connectivity index (χ0) is 16.8. The van der Waals surface area contributed by atoms with Gasteiger partial charge in [-0.2, -0.15) is 0 Å². The van der Waals surface area contributed by atoms with Crippen LogP contribution in [0.15, 0.2) is 42.7 Å². The molecule has 0 atom stereocenters. The quantitative estimate of drug-likeness (QED) is 0.892. The van der Waals surface area contributed by atoms with E-state index in [-0.39, 0.29) is 5.91 Å². The minimum atomic E-state index is 0.0840. The van der Waals surface area contributed by atoms with Crippen LogP contribution in [0, 0.1) is 0 Å². The van der Waals surface area contributed by atoms with E-state index in [1.165, 1.54) is 12.0 Å². The molecule has 1 amide bonds. The summed E-state index contributed by atoms with van der Waals surface area (Å²) in [6.07, 6.45) is 7.68. The van der Waals surface area contributed by atoms with Crippen molar-refractivity contribution in [1.29, 1.82) is 0 Å². The van der Waals surface area contributed by atoms with Crippen LogP contribution in [0.4, 0.5) is 5.69 Å². The predicted octanol–water partition coefficient (Wildman–Crippen LogP) is 4.02. The molecule has 3 rings (SSSR count). The van der Waals surface area contributed by atoms with Gasteiger partial charge >= 0.3 is 0 Å². The van der Waals surface area contributed by atoms with Crippen LogP contribution in [0.25, 0.3) is 0 Å². The Morgan fingerprint density at radius 3 is 2.79 bits per heavy atom. The fraction of sp³-hybridized carbons (Fsp3) is 0.368. The summed E-state index contributed by atoms with van der Waals surface area (Å²) < 4.78 is 0. The van der Waals surface area contributed by atoms with Crippen molar-refractivity contribution < 1.29 is 4.79 Å². The molecule has 0 unspecified atom stereocenters. The SMILES string of the molecule is O=C(c1cncc(NCCc2cccc(Cl)c2)c1)N1CCCCC1. The zero-order valence-corrected chi connectivity index (χ0v) is 14.4. The summed E-state index contributed by atoms with van der Waals surface area (Å²) in [5, 5.41) is 4.09. The third kappa shape index (κ3) is 4.48. The number of halogens is 1. The molecule has 4 nitrogen and oxygen atoms in total. The summed E-state index contributed by atoms with van der Waals surface area (Å²) in [5.74, 6) is 0.0840. The van der Waals surface area contributed by atoms with E-state index in [4.69, 9.17) is 11.6 Å². The van der Waals surface area contributed by atoms with Gasteiger partial charge in [-0.05, 0) is 49.4 Å². The first-order valence-electron chi connectivity index (χ1n) is 8.45. The Hall–Kier alpha value is -2.07. The van der Waals surface area contributed by atoms with Gasteiger partial charge in [0.2, 0.25) is 0 Å². The van der Waals surface area contributed by atoms with E-state index in [1.54, 1.807) is 12.4 Å². The van der Waals surface area contributed by atoms with Crippen LogP contribution >= 0.6 is 11.6 Å². The molecule has 1 aliphatic rings. The van der Waals surface area contributed by atoms with Crippen molar-refractivity contribution in [1.82, 2.24) is 9.88 Å². The van der Waals surface area contributed by atoms with Crippen LogP contribution in [0.3, 0.4) is 0 Å². The maximum absolute atomic E-state index is 12.5. The van der Waals surface area contributed by atoms with Crippen LogP contribution < -0.4 is 5.32 Å². The second kappa shape index (κ2) is 8.15. The molecular formula is C19H22ClN3O. The van der Waals surface area contributed by atoms with E-state index in [1.807, 2.05) is 29.2 Å². The fourth-order valence-electron chi connectivity index (χ4n) is 2.98. The predicted molar refractivity (Wildman–Crippen MR) is 97.6 cm³/mol. The van der Waals surface area contributed by atoms with Gasteiger partial charge in [-0.25, -0.2) is 0 Å². The molecule has 1 saturated heterocycles. The molecule has 1 fully saturated rings. The van der Waals surface area contributed by atoms with Crippen LogP contribution in [0.1, 0.15) is 35.2 Å². The molecule has 0 saturated carbocycles. The Morgan fingerprint density at radius 1 is 1.17 bits per heavy atom. The number of carbonyl (C=O) groups is 1. The number of nitrogens with one attached hydrogen (secondary N) is 1. The molecular weight excluding hydrogens is 322 g/mol. The van der Waals surface area contributed by atoms with Crippen molar-refractivity contribution in [2.45, 2.75) is 25.7 Å². The molecule has 0 radical (unpaired) electrons. The second-order valence-corrected chi connectivity index (χ2v) is 6.56. The minimum Gasteiger partial charge on any atom is -0.383 e. The van der Waals surface area contributed by atoms with Gasteiger partial charge in [0.1, 0.15) is 0 Å². The highest BCUT2D eigenvalue weighted by Gasteiger charge is 2.18. The number of pyridine rings is 1. The summed E-state index contributed by atoms with van der Waals surface area (Å²) in [7, 11) is 0. The number of hydrogen-bond donors (Lipinski definition) is 1.